The van der Waals surface area contributed by atoms with E-state index in [0.29, 0.717) is 6.17 Å². The number of likely N-dealkylation sites (tertiary alicyclic amines) is 1. The van der Waals surface area contributed by atoms with Crippen LogP contribution in [0, 0.1) is 5.92 Å². The van der Waals surface area contributed by atoms with Crippen LogP contribution in [-0.4, -0.2) is 56.2 Å². The fourth-order valence-electron chi connectivity index (χ4n) is 3.02. The highest BCUT2D eigenvalue weighted by molar-refractivity contribution is 4.80. The number of piperidine rings is 2. The molecule has 0 aromatic heterocycles. The lowest BCUT2D eigenvalue weighted by Crippen LogP contribution is -2.48. The van der Waals surface area contributed by atoms with Gasteiger partial charge in [-0.3, -0.25) is 4.90 Å². The van der Waals surface area contributed by atoms with E-state index >= 15 is 0 Å². The third-order valence-electron chi connectivity index (χ3n) is 3.90. The van der Waals surface area contributed by atoms with Crippen molar-refractivity contribution >= 4 is 0 Å². The Morgan fingerprint density at radius 2 is 1.88 bits per heavy atom. The van der Waals surface area contributed by atoms with Gasteiger partial charge >= 0.3 is 0 Å². The molecular weight excluding hydrogens is 198 g/mol. The predicted octanol–water partition coefficient (Wildman–Crippen LogP) is 1.37. The van der Waals surface area contributed by atoms with Crippen molar-refractivity contribution in [2.75, 3.05) is 40.3 Å². The summed E-state index contributed by atoms with van der Waals surface area (Å²) in [5.41, 5.74) is 0. The van der Waals surface area contributed by atoms with Crippen LogP contribution in [0.1, 0.15) is 32.1 Å². The van der Waals surface area contributed by atoms with Gasteiger partial charge in [-0.25, -0.2) is 5.32 Å². The fourth-order valence-corrected chi connectivity index (χ4v) is 3.02. The molecule has 16 heavy (non-hydrogen) atoms. The van der Waals surface area contributed by atoms with Crippen LogP contribution in [0.4, 0.5) is 0 Å². The van der Waals surface area contributed by atoms with Crippen LogP contribution < -0.4 is 5.32 Å². The van der Waals surface area contributed by atoms with Crippen LogP contribution in [0.15, 0.2) is 0 Å². The van der Waals surface area contributed by atoms with Gasteiger partial charge in [-0.2, -0.15) is 0 Å². The quantitative estimate of drug-likeness (QED) is 0.722. The first-order valence-corrected chi connectivity index (χ1v) is 6.81. The minimum Gasteiger partial charge on any atom is -0.309 e. The predicted molar refractivity (Wildman–Crippen MR) is 67.5 cm³/mol. The van der Waals surface area contributed by atoms with Crippen LogP contribution in [0.3, 0.4) is 0 Å². The molecule has 2 rings (SSSR count). The zero-order valence-electron chi connectivity index (χ0n) is 10.9. The van der Waals surface area contributed by atoms with Gasteiger partial charge in [0.2, 0.25) is 0 Å². The van der Waals surface area contributed by atoms with Crippen LogP contribution >= 0.6 is 0 Å². The molecule has 3 nitrogen and oxygen atoms in total. The Kier molecular flexibility index (Phi) is 4.62. The highest BCUT2D eigenvalue weighted by atomic mass is 15.3. The van der Waals surface area contributed by atoms with Crippen LogP contribution in [0.25, 0.3) is 0 Å². The van der Waals surface area contributed by atoms with E-state index < -0.39 is 0 Å². The first-order valence-electron chi connectivity index (χ1n) is 6.81. The van der Waals surface area contributed by atoms with Crippen molar-refractivity contribution in [3.05, 3.63) is 0 Å². The molecule has 2 heterocycles. The van der Waals surface area contributed by atoms with Crippen molar-refractivity contribution in [1.82, 2.24) is 15.1 Å². The molecule has 1 radical (unpaired) electrons. The normalized spacial score (nSPS) is 29.8. The van der Waals surface area contributed by atoms with E-state index in [9.17, 15) is 0 Å². The van der Waals surface area contributed by atoms with Crippen LogP contribution in [-0.2, 0) is 0 Å². The molecule has 0 N–H and O–H groups in total. The largest absolute Gasteiger partial charge is 0.309 e. The standard InChI is InChI=1S/C13H26N3/c1-15(2)11-12-6-9-16(10-7-12)13-5-3-4-8-14-13/h12-13H,3-11H2,1-2H3. The zero-order valence-corrected chi connectivity index (χ0v) is 10.9. The molecule has 2 saturated heterocycles. The van der Waals surface area contributed by atoms with Crippen molar-refractivity contribution in [3.8, 4) is 0 Å². The molecule has 0 amide bonds. The highest BCUT2D eigenvalue weighted by Crippen LogP contribution is 2.22. The van der Waals surface area contributed by atoms with Gasteiger partial charge in [0.05, 0.1) is 6.17 Å². The van der Waals surface area contributed by atoms with Gasteiger partial charge in [0, 0.05) is 13.1 Å². The summed E-state index contributed by atoms with van der Waals surface area (Å²) in [5.74, 6) is 0.912. The summed E-state index contributed by atoms with van der Waals surface area (Å²) < 4.78 is 0. The molecular formula is C13H26N3. The maximum Gasteiger partial charge on any atom is 0.0760 e. The molecule has 0 aromatic carbocycles. The minimum absolute atomic E-state index is 0.564. The van der Waals surface area contributed by atoms with Crippen molar-refractivity contribution in [2.45, 2.75) is 38.3 Å². The Hall–Kier alpha value is -0.120. The molecule has 1 unspecified atom stereocenters. The van der Waals surface area contributed by atoms with E-state index in [1.54, 1.807) is 0 Å². The third kappa shape index (κ3) is 3.44. The summed E-state index contributed by atoms with van der Waals surface area (Å²) in [6, 6.07) is 0. The third-order valence-corrected chi connectivity index (χ3v) is 3.90. The SMILES string of the molecule is CN(C)CC1CCN(C2CCCC[N]2)CC1. The van der Waals surface area contributed by atoms with Gasteiger partial charge < -0.3 is 4.90 Å². The molecule has 93 valence electrons. The maximum absolute atomic E-state index is 4.75. The summed E-state index contributed by atoms with van der Waals surface area (Å²) in [7, 11) is 4.37. The molecule has 1 atom stereocenters. The second-order valence-corrected chi connectivity index (χ2v) is 5.62. The van der Waals surface area contributed by atoms with Gasteiger partial charge in [-0.15, -0.1) is 0 Å². The Morgan fingerprint density at radius 3 is 2.44 bits per heavy atom. The summed E-state index contributed by atoms with van der Waals surface area (Å²) in [5, 5.41) is 4.75. The van der Waals surface area contributed by atoms with Gasteiger partial charge in [0.25, 0.3) is 0 Å². The van der Waals surface area contributed by atoms with E-state index in [0.717, 1.165) is 12.5 Å². The lowest BCUT2D eigenvalue weighted by Gasteiger charge is -2.39. The zero-order chi connectivity index (χ0) is 11.4. The van der Waals surface area contributed by atoms with E-state index in [1.165, 1.54) is 51.7 Å². The van der Waals surface area contributed by atoms with Crippen LogP contribution in [0.5, 0.6) is 0 Å². The Labute approximate surface area is 100 Å². The maximum atomic E-state index is 4.75. The molecule has 3 heteroatoms. The molecule has 2 aliphatic heterocycles. The monoisotopic (exact) mass is 224 g/mol. The number of hydrogen-bond donors (Lipinski definition) is 0. The van der Waals surface area contributed by atoms with Crippen molar-refractivity contribution in [3.63, 3.8) is 0 Å². The van der Waals surface area contributed by atoms with Crippen molar-refractivity contribution in [1.29, 1.82) is 0 Å². The second-order valence-electron chi connectivity index (χ2n) is 5.62. The number of rotatable bonds is 3. The van der Waals surface area contributed by atoms with Crippen molar-refractivity contribution in [2.24, 2.45) is 5.92 Å². The van der Waals surface area contributed by atoms with E-state index in [1.807, 2.05) is 0 Å². The van der Waals surface area contributed by atoms with Gasteiger partial charge in [-0.1, -0.05) is 0 Å². The molecule has 0 bridgehead atoms. The summed E-state index contributed by atoms with van der Waals surface area (Å²) in [6.45, 7) is 4.90. The molecule has 0 aliphatic carbocycles. The van der Waals surface area contributed by atoms with Gasteiger partial charge in [0.1, 0.15) is 0 Å². The summed E-state index contributed by atoms with van der Waals surface area (Å²) >= 11 is 0. The van der Waals surface area contributed by atoms with Gasteiger partial charge in [-0.05, 0) is 65.2 Å². The van der Waals surface area contributed by atoms with Crippen molar-refractivity contribution < 1.29 is 0 Å². The summed E-state index contributed by atoms with van der Waals surface area (Å²) in [4.78, 5) is 4.94. The molecule has 0 aromatic rings. The topological polar surface area (TPSA) is 20.6 Å². The molecule has 2 aliphatic rings. The molecule has 0 saturated carbocycles. The van der Waals surface area contributed by atoms with E-state index in [-0.39, 0.29) is 0 Å². The van der Waals surface area contributed by atoms with Gasteiger partial charge in [0.15, 0.2) is 0 Å². The first-order chi connectivity index (χ1) is 7.75. The Balaban J connectivity index is 1.71. The molecule has 2 fully saturated rings. The number of hydrogen-bond acceptors (Lipinski definition) is 2. The average Bonchev–Trinajstić information content (AvgIpc) is 2.30. The Bertz CT molecular complexity index is 191. The lowest BCUT2D eigenvalue weighted by atomic mass is 9.95. The number of nitrogens with zero attached hydrogens (tertiary/aromatic N) is 3. The average molecular weight is 224 g/mol. The highest BCUT2D eigenvalue weighted by Gasteiger charge is 2.26. The smallest absolute Gasteiger partial charge is 0.0760 e. The van der Waals surface area contributed by atoms with E-state index in [4.69, 9.17) is 5.32 Å². The Morgan fingerprint density at radius 1 is 1.12 bits per heavy atom. The lowest BCUT2D eigenvalue weighted by molar-refractivity contribution is 0.0832. The van der Waals surface area contributed by atoms with E-state index in [2.05, 4.69) is 23.9 Å². The second kappa shape index (κ2) is 5.99. The molecule has 0 spiro atoms. The first kappa shape index (κ1) is 12.3. The fraction of sp³-hybridized carbons (Fsp3) is 1.00. The minimum atomic E-state index is 0.564. The van der Waals surface area contributed by atoms with Crippen LogP contribution in [0.2, 0.25) is 0 Å². The summed E-state index contributed by atoms with van der Waals surface area (Å²) in [6.07, 6.45) is 7.29.